The molecule has 0 bridgehead atoms. The van der Waals surface area contributed by atoms with Gasteiger partial charge in [0.25, 0.3) is 0 Å². The predicted molar refractivity (Wildman–Crippen MR) is 110 cm³/mol. The predicted octanol–water partition coefficient (Wildman–Crippen LogP) is 3.36. The van der Waals surface area contributed by atoms with Gasteiger partial charge in [0, 0.05) is 26.3 Å². The van der Waals surface area contributed by atoms with Gasteiger partial charge in [-0.25, -0.2) is 23.4 Å². The van der Waals surface area contributed by atoms with Crippen LogP contribution < -0.4 is 10.6 Å². The van der Waals surface area contributed by atoms with E-state index >= 15 is 0 Å². The molecule has 1 atom stereocenters. The lowest BCUT2D eigenvalue weighted by Crippen LogP contribution is -2.37. The molecule has 1 aliphatic heterocycles. The number of pyridine rings is 1. The summed E-state index contributed by atoms with van der Waals surface area (Å²) in [6.45, 7) is 4.45. The van der Waals surface area contributed by atoms with Gasteiger partial charge in [-0.1, -0.05) is 0 Å². The first kappa shape index (κ1) is 20.2. The molecule has 1 fully saturated rings. The molecule has 1 aliphatic rings. The van der Waals surface area contributed by atoms with Crippen molar-refractivity contribution < 1.29 is 13.5 Å². The normalized spacial score (nSPS) is 16.8. The van der Waals surface area contributed by atoms with Crippen molar-refractivity contribution in [1.29, 1.82) is 0 Å². The van der Waals surface area contributed by atoms with Crippen LogP contribution in [0.5, 0.6) is 0 Å². The van der Waals surface area contributed by atoms with Crippen molar-refractivity contribution in [2.45, 2.75) is 19.8 Å². The standard InChI is InChI=1S/C21H24F2N6O/c1-13-6-18(28-5-3-4-14(10-28)11-30-2)26-20(24)19(13)21-25-12-29(27-21)17-8-15(22)7-16(23)9-17/h6-9,12,14H,3-5,10-11H2,1-2H3,(H2,24,26). The van der Waals surface area contributed by atoms with E-state index in [2.05, 4.69) is 20.0 Å². The summed E-state index contributed by atoms with van der Waals surface area (Å²) in [6.07, 6.45) is 3.61. The Morgan fingerprint density at radius 3 is 2.67 bits per heavy atom. The van der Waals surface area contributed by atoms with Crippen molar-refractivity contribution in [2.75, 3.05) is 37.4 Å². The van der Waals surface area contributed by atoms with E-state index in [0.29, 0.717) is 23.1 Å². The van der Waals surface area contributed by atoms with Gasteiger partial charge in [-0.3, -0.25) is 0 Å². The molecule has 7 nitrogen and oxygen atoms in total. The first-order valence-corrected chi connectivity index (χ1v) is 9.84. The molecule has 0 radical (unpaired) electrons. The monoisotopic (exact) mass is 414 g/mol. The number of piperidine rings is 1. The van der Waals surface area contributed by atoms with Gasteiger partial charge < -0.3 is 15.4 Å². The van der Waals surface area contributed by atoms with E-state index in [1.807, 2.05) is 13.0 Å². The number of halogens is 2. The summed E-state index contributed by atoms with van der Waals surface area (Å²) in [7, 11) is 1.72. The van der Waals surface area contributed by atoms with Crippen molar-refractivity contribution >= 4 is 11.6 Å². The molecule has 3 heterocycles. The Labute approximate surface area is 173 Å². The molecule has 1 aromatic carbocycles. The number of hydrogen-bond donors (Lipinski definition) is 1. The molecule has 1 saturated heterocycles. The molecule has 3 aromatic rings. The Balaban J connectivity index is 1.62. The average Bonchev–Trinajstić information content (AvgIpc) is 3.17. The second-order valence-electron chi connectivity index (χ2n) is 7.61. The number of methoxy groups -OCH3 is 1. The molecule has 30 heavy (non-hydrogen) atoms. The van der Waals surface area contributed by atoms with Crippen molar-refractivity contribution in [3.8, 4) is 17.1 Å². The minimum absolute atomic E-state index is 0.240. The number of nitrogens with two attached hydrogens (primary N) is 1. The van der Waals surface area contributed by atoms with Crippen molar-refractivity contribution in [3.63, 3.8) is 0 Å². The van der Waals surface area contributed by atoms with Gasteiger partial charge in [0.2, 0.25) is 0 Å². The molecular formula is C21H24F2N6O. The maximum atomic E-state index is 13.5. The zero-order chi connectivity index (χ0) is 21.3. The Kier molecular flexibility index (Phi) is 5.63. The lowest BCUT2D eigenvalue weighted by atomic mass is 9.98. The number of nitrogens with zero attached hydrogens (tertiary/aromatic N) is 5. The van der Waals surface area contributed by atoms with Crippen LogP contribution in [-0.4, -0.2) is 46.6 Å². The van der Waals surface area contributed by atoms with Gasteiger partial charge in [-0.2, -0.15) is 0 Å². The summed E-state index contributed by atoms with van der Waals surface area (Å²) in [5, 5.41) is 4.36. The second kappa shape index (κ2) is 8.35. The lowest BCUT2D eigenvalue weighted by molar-refractivity contribution is 0.143. The first-order chi connectivity index (χ1) is 14.4. The van der Waals surface area contributed by atoms with Crippen molar-refractivity contribution in [2.24, 2.45) is 5.92 Å². The van der Waals surface area contributed by atoms with Gasteiger partial charge in [-0.05, 0) is 49.4 Å². The Morgan fingerprint density at radius 1 is 1.20 bits per heavy atom. The number of benzene rings is 1. The molecule has 158 valence electrons. The summed E-state index contributed by atoms with van der Waals surface area (Å²) in [6, 6.07) is 5.16. The molecule has 2 aromatic heterocycles. The molecule has 0 saturated carbocycles. The number of rotatable bonds is 5. The lowest BCUT2D eigenvalue weighted by Gasteiger charge is -2.33. The Hall–Kier alpha value is -3.07. The SMILES string of the molecule is COCC1CCCN(c2cc(C)c(-c3ncn(-c4cc(F)cc(F)c4)n3)c(N)n2)C1. The summed E-state index contributed by atoms with van der Waals surface area (Å²) in [5.41, 5.74) is 8.01. The number of hydrogen-bond acceptors (Lipinski definition) is 6. The van der Waals surface area contributed by atoms with Crippen molar-refractivity contribution in [1.82, 2.24) is 19.7 Å². The number of aryl methyl sites for hydroxylation is 1. The quantitative estimate of drug-likeness (QED) is 0.689. The van der Waals surface area contributed by atoms with Crippen LogP contribution in [-0.2, 0) is 4.74 Å². The van der Waals surface area contributed by atoms with Gasteiger partial charge >= 0.3 is 0 Å². The van der Waals surface area contributed by atoms with E-state index in [1.54, 1.807) is 7.11 Å². The third-order valence-electron chi connectivity index (χ3n) is 5.30. The smallest absolute Gasteiger partial charge is 0.185 e. The van der Waals surface area contributed by atoms with Crippen LogP contribution in [0.3, 0.4) is 0 Å². The van der Waals surface area contributed by atoms with Crippen LogP contribution in [0.25, 0.3) is 17.1 Å². The van der Waals surface area contributed by atoms with Crippen LogP contribution in [0, 0.1) is 24.5 Å². The molecule has 0 aliphatic carbocycles. The van der Waals surface area contributed by atoms with Crippen molar-refractivity contribution in [3.05, 3.63) is 47.8 Å². The number of ether oxygens (including phenoxy) is 1. The van der Waals surface area contributed by atoms with Crippen LogP contribution in [0.4, 0.5) is 20.4 Å². The fourth-order valence-electron chi connectivity index (χ4n) is 3.95. The molecule has 9 heteroatoms. The number of anilines is 2. The second-order valence-corrected chi connectivity index (χ2v) is 7.61. The molecule has 0 amide bonds. The average molecular weight is 414 g/mol. The molecule has 4 rings (SSSR count). The zero-order valence-electron chi connectivity index (χ0n) is 17.0. The number of nitrogen functional groups attached to an aromatic ring is 1. The summed E-state index contributed by atoms with van der Waals surface area (Å²) < 4.78 is 33.7. The highest BCUT2D eigenvalue weighted by atomic mass is 19.1. The molecular weight excluding hydrogens is 390 g/mol. The minimum Gasteiger partial charge on any atom is -0.384 e. The van der Waals surface area contributed by atoms with E-state index in [9.17, 15) is 8.78 Å². The van der Waals surface area contributed by atoms with Gasteiger partial charge in [-0.15, -0.1) is 5.10 Å². The van der Waals surface area contributed by atoms with E-state index in [-0.39, 0.29) is 5.69 Å². The fourth-order valence-corrected chi connectivity index (χ4v) is 3.95. The zero-order valence-corrected chi connectivity index (χ0v) is 17.0. The van der Waals surface area contributed by atoms with E-state index < -0.39 is 11.6 Å². The highest BCUT2D eigenvalue weighted by Crippen LogP contribution is 2.31. The Morgan fingerprint density at radius 2 is 1.97 bits per heavy atom. The Bertz CT molecular complexity index is 1010. The van der Waals surface area contributed by atoms with Crippen LogP contribution in [0.1, 0.15) is 18.4 Å². The highest BCUT2D eigenvalue weighted by molar-refractivity contribution is 5.74. The van der Waals surface area contributed by atoms with E-state index in [4.69, 9.17) is 10.5 Å². The molecule has 1 unspecified atom stereocenters. The maximum Gasteiger partial charge on any atom is 0.185 e. The van der Waals surface area contributed by atoms with Crippen LogP contribution >= 0.6 is 0 Å². The van der Waals surface area contributed by atoms with Gasteiger partial charge in [0.05, 0.1) is 17.9 Å². The minimum atomic E-state index is -0.683. The molecule has 2 N–H and O–H groups in total. The van der Waals surface area contributed by atoms with Gasteiger partial charge in [0.15, 0.2) is 5.82 Å². The maximum absolute atomic E-state index is 13.5. The van der Waals surface area contributed by atoms with Gasteiger partial charge in [0.1, 0.15) is 29.6 Å². The summed E-state index contributed by atoms with van der Waals surface area (Å²) in [4.78, 5) is 11.1. The number of aromatic nitrogens is 4. The largest absolute Gasteiger partial charge is 0.384 e. The fraction of sp³-hybridized carbons (Fsp3) is 0.381. The topological polar surface area (TPSA) is 82.1 Å². The first-order valence-electron chi connectivity index (χ1n) is 9.84. The summed E-state index contributed by atoms with van der Waals surface area (Å²) >= 11 is 0. The highest BCUT2D eigenvalue weighted by Gasteiger charge is 2.23. The van der Waals surface area contributed by atoms with E-state index in [1.165, 1.54) is 23.1 Å². The third kappa shape index (κ3) is 4.11. The summed E-state index contributed by atoms with van der Waals surface area (Å²) in [5.74, 6) is 0.595. The third-order valence-corrected chi connectivity index (χ3v) is 5.30. The van der Waals surface area contributed by atoms with Crippen LogP contribution in [0.15, 0.2) is 30.6 Å². The van der Waals surface area contributed by atoms with E-state index in [0.717, 1.165) is 50.0 Å². The molecule has 0 spiro atoms. The van der Waals surface area contributed by atoms with Crippen LogP contribution in [0.2, 0.25) is 0 Å².